The molecule has 1 saturated heterocycles. The first-order chi connectivity index (χ1) is 15.2. The second-order valence-corrected chi connectivity index (χ2v) is 8.06. The number of ether oxygens (including phenoxy) is 3. The quantitative estimate of drug-likeness (QED) is 0.565. The molecule has 1 fully saturated rings. The summed E-state index contributed by atoms with van der Waals surface area (Å²) in [6, 6.07) is 9.29. The number of nitrogens with one attached hydrogen (secondary N) is 2. The Bertz CT molecular complexity index is 1140. The predicted molar refractivity (Wildman–Crippen MR) is 118 cm³/mol. The lowest BCUT2D eigenvalue weighted by atomic mass is 10.1. The first kappa shape index (κ1) is 19.9. The molecule has 0 amide bonds. The van der Waals surface area contributed by atoms with Crippen LogP contribution in [0, 0.1) is 0 Å². The van der Waals surface area contributed by atoms with E-state index in [4.69, 9.17) is 30.8 Å². The molecule has 8 nitrogen and oxygen atoms in total. The molecule has 0 spiro atoms. The third-order valence-electron chi connectivity index (χ3n) is 5.50. The standard InChI is InChI=1S/C22H23N3O5S/c26-21-15(7-14-8-19-20(30-13-29-19)9-18(14)24-21)11-25(12-17-4-2-6-28-17)22(31)23-10-16-3-1-5-27-16/h1,3,5,7-9,17H,2,4,6,10-13H2,(H,23,31)(H,24,26)/t17-/m0/s1. The minimum Gasteiger partial charge on any atom is -0.467 e. The van der Waals surface area contributed by atoms with Crippen LogP contribution in [0.15, 0.2) is 45.8 Å². The van der Waals surface area contributed by atoms with Crippen molar-refractivity contribution in [3.8, 4) is 11.5 Å². The van der Waals surface area contributed by atoms with Gasteiger partial charge in [-0.1, -0.05) is 0 Å². The van der Waals surface area contributed by atoms with E-state index in [1.54, 1.807) is 12.3 Å². The highest BCUT2D eigenvalue weighted by molar-refractivity contribution is 7.80. The van der Waals surface area contributed by atoms with E-state index in [1.807, 2.05) is 29.2 Å². The normalized spacial score (nSPS) is 17.2. The number of furan rings is 1. The van der Waals surface area contributed by atoms with Gasteiger partial charge in [-0.25, -0.2) is 0 Å². The third kappa shape index (κ3) is 4.38. The van der Waals surface area contributed by atoms with E-state index in [9.17, 15) is 4.79 Å². The van der Waals surface area contributed by atoms with Crippen molar-refractivity contribution >= 4 is 28.2 Å². The maximum absolute atomic E-state index is 12.8. The first-order valence-corrected chi connectivity index (χ1v) is 10.7. The summed E-state index contributed by atoms with van der Waals surface area (Å²) in [4.78, 5) is 17.7. The number of fused-ring (bicyclic) bond motifs is 2. The summed E-state index contributed by atoms with van der Waals surface area (Å²) in [5.41, 5.74) is 1.17. The van der Waals surface area contributed by atoms with Gasteiger partial charge in [-0.05, 0) is 49.3 Å². The molecule has 31 heavy (non-hydrogen) atoms. The van der Waals surface area contributed by atoms with E-state index in [0.717, 1.165) is 30.6 Å². The summed E-state index contributed by atoms with van der Waals surface area (Å²) in [5.74, 6) is 2.11. The molecule has 4 heterocycles. The van der Waals surface area contributed by atoms with Gasteiger partial charge in [0.2, 0.25) is 6.79 Å². The molecule has 2 aromatic heterocycles. The van der Waals surface area contributed by atoms with Gasteiger partial charge in [0, 0.05) is 30.2 Å². The molecule has 0 unspecified atom stereocenters. The van der Waals surface area contributed by atoms with Crippen molar-refractivity contribution in [1.29, 1.82) is 0 Å². The molecule has 9 heteroatoms. The predicted octanol–water partition coefficient (Wildman–Crippen LogP) is 2.91. The van der Waals surface area contributed by atoms with Gasteiger partial charge in [-0.3, -0.25) is 4.79 Å². The van der Waals surface area contributed by atoms with Gasteiger partial charge in [0.15, 0.2) is 16.6 Å². The third-order valence-corrected chi connectivity index (χ3v) is 5.91. The highest BCUT2D eigenvalue weighted by atomic mass is 32.1. The highest BCUT2D eigenvalue weighted by Crippen LogP contribution is 2.35. The molecule has 1 atom stereocenters. The highest BCUT2D eigenvalue weighted by Gasteiger charge is 2.23. The second-order valence-electron chi connectivity index (χ2n) is 7.67. The van der Waals surface area contributed by atoms with E-state index in [-0.39, 0.29) is 18.5 Å². The first-order valence-electron chi connectivity index (χ1n) is 10.3. The molecule has 162 valence electrons. The minimum atomic E-state index is -0.155. The monoisotopic (exact) mass is 441 g/mol. The second kappa shape index (κ2) is 8.60. The molecular formula is C22H23N3O5S. The van der Waals surface area contributed by atoms with Gasteiger partial charge >= 0.3 is 0 Å². The van der Waals surface area contributed by atoms with Crippen LogP contribution in [0.4, 0.5) is 0 Å². The van der Waals surface area contributed by atoms with Gasteiger partial charge in [-0.2, -0.15) is 0 Å². The van der Waals surface area contributed by atoms with Gasteiger partial charge in [0.05, 0.1) is 31.0 Å². The zero-order valence-corrected chi connectivity index (χ0v) is 17.7. The Morgan fingerprint density at radius 2 is 2.13 bits per heavy atom. The lowest BCUT2D eigenvalue weighted by Gasteiger charge is -2.28. The van der Waals surface area contributed by atoms with Crippen molar-refractivity contribution < 1.29 is 18.6 Å². The van der Waals surface area contributed by atoms with E-state index in [0.29, 0.717) is 47.3 Å². The molecule has 2 aliphatic rings. The van der Waals surface area contributed by atoms with Crippen LogP contribution in [0.3, 0.4) is 0 Å². The van der Waals surface area contributed by atoms with Crippen LogP contribution < -0.4 is 20.3 Å². The molecule has 0 bridgehead atoms. The maximum Gasteiger partial charge on any atom is 0.253 e. The average molecular weight is 442 g/mol. The molecule has 2 aliphatic heterocycles. The Morgan fingerprint density at radius 1 is 1.26 bits per heavy atom. The van der Waals surface area contributed by atoms with Gasteiger partial charge in [-0.15, -0.1) is 0 Å². The SMILES string of the molecule is O=c1[nH]c2cc3c(cc2cc1CN(C[C@@H]1CCCO1)C(=S)NCc1ccco1)OCO3. The smallest absolute Gasteiger partial charge is 0.253 e. The Labute approximate surface area is 184 Å². The average Bonchev–Trinajstić information content (AvgIpc) is 3.53. The van der Waals surface area contributed by atoms with Crippen molar-refractivity contribution in [2.24, 2.45) is 0 Å². The summed E-state index contributed by atoms with van der Waals surface area (Å²) >= 11 is 5.66. The minimum absolute atomic E-state index is 0.0942. The van der Waals surface area contributed by atoms with Crippen LogP contribution in [-0.2, 0) is 17.8 Å². The van der Waals surface area contributed by atoms with Crippen LogP contribution in [0.2, 0.25) is 0 Å². The summed E-state index contributed by atoms with van der Waals surface area (Å²) in [5, 5.41) is 4.66. The fraction of sp³-hybridized carbons (Fsp3) is 0.364. The zero-order chi connectivity index (χ0) is 21.2. The van der Waals surface area contributed by atoms with E-state index >= 15 is 0 Å². The van der Waals surface area contributed by atoms with Gasteiger partial charge in [0.1, 0.15) is 5.76 Å². The Morgan fingerprint density at radius 3 is 2.90 bits per heavy atom. The van der Waals surface area contributed by atoms with Crippen LogP contribution in [0.5, 0.6) is 11.5 Å². The van der Waals surface area contributed by atoms with Crippen molar-refractivity contribution in [3.63, 3.8) is 0 Å². The number of rotatable bonds is 6. The molecule has 0 radical (unpaired) electrons. The Kier molecular flexibility index (Phi) is 5.52. The number of pyridine rings is 1. The number of thiocarbonyl (C=S) groups is 1. The molecule has 2 N–H and O–H groups in total. The number of hydrogen-bond donors (Lipinski definition) is 2. The van der Waals surface area contributed by atoms with Crippen LogP contribution >= 0.6 is 12.2 Å². The molecule has 5 rings (SSSR count). The fourth-order valence-corrected chi connectivity index (χ4v) is 4.12. The lowest BCUT2D eigenvalue weighted by molar-refractivity contribution is 0.0896. The Balaban J connectivity index is 1.38. The van der Waals surface area contributed by atoms with Crippen LogP contribution in [0.1, 0.15) is 24.2 Å². The van der Waals surface area contributed by atoms with Crippen molar-refractivity contribution in [1.82, 2.24) is 15.2 Å². The van der Waals surface area contributed by atoms with Crippen molar-refractivity contribution in [3.05, 3.63) is 58.3 Å². The number of H-pyrrole nitrogens is 1. The topological polar surface area (TPSA) is 89.0 Å². The van der Waals surface area contributed by atoms with Gasteiger partial charge < -0.3 is 33.8 Å². The molecular weight excluding hydrogens is 418 g/mol. The summed E-state index contributed by atoms with van der Waals surface area (Å²) in [6.07, 6.45) is 3.74. The number of nitrogens with zero attached hydrogens (tertiary/aromatic N) is 1. The fourth-order valence-electron chi connectivity index (χ4n) is 3.91. The zero-order valence-electron chi connectivity index (χ0n) is 16.9. The molecule has 0 saturated carbocycles. The number of benzene rings is 1. The van der Waals surface area contributed by atoms with Crippen LogP contribution in [-0.4, -0.2) is 41.0 Å². The van der Waals surface area contributed by atoms with Crippen molar-refractivity contribution in [2.45, 2.75) is 32.0 Å². The largest absolute Gasteiger partial charge is 0.467 e. The van der Waals surface area contributed by atoms with Crippen molar-refractivity contribution in [2.75, 3.05) is 19.9 Å². The van der Waals surface area contributed by atoms with Gasteiger partial charge in [0.25, 0.3) is 5.56 Å². The maximum atomic E-state index is 12.8. The number of aromatic amines is 1. The Hall–Kier alpha value is -3.04. The number of hydrogen-bond acceptors (Lipinski definition) is 6. The molecule has 1 aromatic carbocycles. The van der Waals surface area contributed by atoms with E-state index < -0.39 is 0 Å². The van der Waals surface area contributed by atoms with E-state index in [2.05, 4.69) is 10.3 Å². The lowest BCUT2D eigenvalue weighted by Crippen LogP contribution is -2.43. The van der Waals surface area contributed by atoms with Crippen LogP contribution in [0.25, 0.3) is 10.9 Å². The molecule has 0 aliphatic carbocycles. The number of aromatic nitrogens is 1. The summed E-state index contributed by atoms with van der Waals surface area (Å²) in [7, 11) is 0. The van der Waals surface area contributed by atoms with E-state index in [1.165, 1.54) is 0 Å². The molecule has 3 aromatic rings. The summed E-state index contributed by atoms with van der Waals surface area (Å²) < 4.78 is 22.1. The summed E-state index contributed by atoms with van der Waals surface area (Å²) in [6.45, 7) is 2.40.